The van der Waals surface area contributed by atoms with Crippen LogP contribution in [0.25, 0.3) is 0 Å². The monoisotopic (exact) mass is 538 g/mol. The summed E-state index contributed by atoms with van der Waals surface area (Å²) in [6.45, 7) is 3.87. The molecule has 1 heterocycles. The number of rotatable bonds is 12. The zero-order valence-electron chi connectivity index (χ0n) is 21.8. The zero-order valence-corrected chi connectivity index (χ0v) is 22.7. The van der Waals surface area contributed by atoms with Crippen molar-refractivity contribution >= 4 is 42.2 Å². The molecule has 2 aromatic carbocycles. The van der Waals surface area contributed by atoms with Gasteiger partial charge in [0.2, 0.25) is 17.7 Å². The van der Waals surface area contributed by atoms with E-state index in [1.165, 1.54) is 7.05 Å². The number of hydrogen-bond donors (Lipinski definition) is 4. The Morgan fingerprint density at radius 3 is 1.92 bits per heavy atom. The second-order valence-corrected chi connectivity index (χ2v) is 10.3. The van der Waals surface area contributed by atoms with Crippen molar-refractivity contribution in [2.24, 2.45) is 5.92 Å². The number of carbonyl (C=O) groups excluding carboxylic acids is 5. The molecule has 0 saturated carbocycles. The molecule has 0 saturated heterocycles. The molecular formula is C28H34N4O5S. The van der Waals surface area contributed by atoms with Crippen molar-refractivity contribution in [1.29, 1.82) is 0 Å². The number of imide groups is 1. The summed E-state index contributed by atoms with van der Waals surface area (Å²) in [6.07, 6.45) is 0.762. The first-order chi connectivity index (χ1) is 18.1. The smallest absolute Gasteiger partial charge is 0.261 e. The van der Waals surface area contributed by atoms with E-state index in [-0.39, 0.29) is 24.8 Å². The number of thiol groups is 1. The molecule has 202 valence electrons. The number of carbonyl (C=O) groups is 5. The van der Waals surface area contributed by atoms with Crippen LogP contribution in [-0.2, 0) is 20.8 Å². The number of fused-ring (bicyclic) bond motifs is 1. The van der Waals surface area contributed by atoms with E-state index >= 15 is 0 Å². The van der Waals surface area contributed by atoms with Gasteiger partial charge in [-0.3, -0.25) is 28.9 Å². The lowest BCUT2D eigenvalue weighted by molar-refractivity contribution is -0.132. The van der Waals surface area contributed by atoms with Crippen LogP contribution in [0.15, 0.2) is 54.6 Å². The summed E-state index contributed by atoms with van der Waals surface area (Å²) in [4.78, 5) is 64.9. The molecule has 0 bridgehead atoms. The maximum Gasteiger partial charge on any atom is 0.261 e. The highest BCUT2D eigenvalue weighted by Crippen LogP contribution is 2.23. The summed E-state index contributed by atoms with van der Waals surface area (Å²) >= 11 is 4.38. The van der Waals surface area contributed by atoms with Gasteiger partial charge in [-0.05, 0) is 36.5 Å². The third kappa shape index (κ3) is 7.22. The fourth-order valence-corrected chi connectivity index (χ4v) is 4.49. The standard InChI is InChI=1S/C28H34N4O5S/c1-17(2)15-21(25(34)30-22(24(33)29-3)16-18-9-5-4-6-10-18)31-26(35)23(38)13-14-32-27(36)19-11-7-8-12-20(19)28(32)37/h4-12,17,21-23,38H,13-16H2,1-3H3,(H,29,33)(H,30,34)(H,31,35)/t21-,22?,23?/m0/s1. The first-order valence-electron chi connectivity index (χ1n) is 12.6. The van der Waals surface area contributed by atoms with Gasteiger partial charge in [0.15, 0.2) is 0 Å². The molecule has 38 heavy (non-hydrogen) atoms. The molecule has 1 aliphatic heterocycles. The molecule has 3 N–H and O–H groups in total. The maximum absolute atomic E-state index is 13.2. The van der Waals surface area contributed by atoms with Gasteiger partial charge in [-0.2, -0.15) is 12.6 Å². The van der Waals surface area contributed by atoms with Gasteiger partial charge in [0, 0.05) is 20.0 Å². The summed E-state index contributed by atoms with van der Waals surface area (Å²) < 4.78 is 0. The van der Waals surface area contributed by atoms with Crippen LogP contribution in [0.3, 0.4) is 0 Å². The van der Waals surface area contributed by atoms with Gasteiger partial charge in [0.25, 0.3) is 11.8 Å². The van der Waals surface area contributed by atoms with Crippen molar-refractivity contribution in [3.63, 3.8) is 0 Å². The molecule has 3 atom stereocenters. The van der Waals surface area contributed by atoms with Crippen LogP contribution in [0.4, 0.5) is 0 Å². The normalized spacial score (nSPS) is 15.0. The van der Waals surface area contributed by atoms with E-state index in [0.717, 1.165) is 10.5 Å². The Kier molecular flexibility index (Phi) is 10.1. The predicted molar refractivity (Wildman–Crippen MR) is 147 cm³/mol. The highest BCUT2D eigenvalue weighted by molar-refractivity contribution is 7.81. The van der Waals surface area contributed by atoms with Gasteiger partial charge in [-0.15, -0.1) is 0 Å². The van der Waals surface area contributed by atoms with E-state index in [1.807, 2.05) is 44.2 Å². The third-order valence-electron chi connectivity index (χ3n) is 6.31. The van der Waals surface area contributed by atoms with Gasteiger partial charge in [-0.1, -0.05) is 56.3 Å². The van der Waals surface area contributed by atoms with E-state index in [9.17, 15) is 24.0 Å². The summed E-state index contributed by atoms with van der Waals surface area (Å²) in [7, 11) is 1.50. The van der Waals surface area contributed by atoms with E-state index in [2.05, 4.69) is 28.6 Å². The molecule has 0 spiro atoms. The number of likely N-dealkylation sites (N-methyl/N-ethyl adjacent to an activating group) is 1. The van der Waals surface area contributed by atoms with E-state index < -0.39 is 41.0 Å². The molecule has 2 unspecified atom stereocenters. The summed E-state index contributed by atoms with van der Waals surface area (Å²) in [5.74, 6) is -2.03. The van der Waals surface area contributed by atoms with Crippen molar-refractivity contribution in [2.75, 3.05) is 13.6 Å². The van der Waals surface area contributed by atoms with Gasteiger partial charge < -0.3 is 16.0 Å². The Morgan fingerprint density at radius 1 is 0.816 bits per heavy atom. The Bertz CT molecular complexity index is 1150. The Morgan fingerprint density at radius 2 is 1.37 bits per heavy atom. The van der Waals surface area contributed by atoms with Crippen LogP contribution in [-0.4, -0.2) is 65.4 Å². The molecule has 10 heteroatoms. The number of benzene rings is 2. The predicted octanol–water partition coefficient (Wildman–Crippen LogP) is 1.98. The molecular weight excluding hydrogens is 504 g/mol. The van der Waals surface area contributed by atoms with E-state index in [4.69, 9.17) is 0 Å². The number of hydrogen-bond acceptors (Lipinski definition) is 6. The van der Waals surface area contributed by atoms with Crippen molar-refractivity contribution in [1.82, 2.24) is 20.9 Å². The Labute approximate surface area is 228 Å². The van der Waals surface area contributed by atoms with Crippen LogP contribution in [0, 0.1) is 5.92 Å². The quantitative estimate of drug-likeness (QED) is 0.243. The third-order valence-corrected chi connectivity index (χ3v) is 6.80. The first-order valence-corrected chi connectivity index (χ1v) is 13.1. The summed E-state index contributed by atoms with van der Waals surface area (Å²) in [5.41, 5.74) is 1.56. The highest BCUT2D eigenvalue weighted by atomic mass is 32.1. The summed E-state index contributed by atoms with van der Waals surface area (Å²) in [6, 6.07) is 14.2. The molecule has 0 fully saturated rings. The summed E-state index contributed by atoms with van der Waals surface area (Å²) in [5, 5.41) is 7.23. The Hall–Kier alpha value is -3.66. The lowest BCUT2D eigenvalue weighted by atomic mass is 10.0. The minimum absolute atomic E-state index is 0.0186. The minimum Gasteiger partial charge on any atom is -0.357 e. The van der Waals surface area contributed by atoms with Gasteiger partial charge >= 0.3 is 0 Å². The fourth-order valence-electron chi connectivity index (χ4n) is 4.30. The van der Waals surface area contributed by atoms with Gasteiger partial charge in [0.1, 0.15) is 12.1 Å². The fraction of sp³-hybridized carbons (Fsp3) is 0.393. The van der Waals surface area contributed by atoms with E-state index in [1.54, 1.807) is 24.3 Å². The van der Waals surface area contributed by atoms with Gasteiger partial charge in [-0.25, -0.2) is 0 Å². The molecule has 1 aliphatic rings. The highest BCUT2D eigenvalue weighted by Gasteiger charge is 2.35. The molecule has 2 aromatic rings. The molecule has 0 radical (unpaired) electrons. The average molecular weight is 539 g/mol. The van der Waals surface area contributed by atoms with Crippen LogP contribution >= 0.6 is 12.6 Å². The molecule has 0 aromatic heterocycles. The number of nitrogens with zero attached hydrogens (tertiary/aromatic N) is 1. The second kappa shape index (κ2) is 13.2. The van der Waals surface area contributed by atoms with E-state index in [0.29, 0.717) is 24.0 Å². The Balaban J connectivity index is 1.62. The number of amides is 5. The molecule has 5 amide bonds. The zero-order chi connectivity index (χ0) is 27.8. The number of nitrogens with one attached hydrogen (secondary N) is 3. The average Bonchev–Trinajstić information content (AvgIpc) is 3.15. The molecule has 3 rings (SSSR count). The van der Waals surface area contributed by atoms with Crippen molar-refractivity contribution < 1.29 is 24.0 Å². The largest absolute Gasteiger partial charge is 0.357 e. The minimum atomic E-state index is -0.889. The topological polar surface area (TPSA) is 125 Å². The molecule has 9 nitrogen and oxygen atoms in total. The van der Waals surface area contributed by atoms with Crippen molar-refractivity contribution in [3.8, 4) is 0 Å². The van der Waals surface area contributed by atoms with Crippen LogP contribution in [0.5, 0.6) is 0 Å². The maximum atomic E-state index is 13.2. The van der Waals surface area contributed by atoms with Gasteiger partial charge in [0.05, 0.1) is 16.4 Å². The SMILES string of the molecule is CNC(=O)C(Cc1ccccc1)NC(=O)[C@H](CC(C)C)NC(=O)C(S)CCN1C(=O)c2ccccc2C1=O. The van der Waals surface area contributed by atoms with Crippen LogP contribution < -0.4 is 16.0 Å². The second-order valence-electron chi connectivity index (χ2n) is 9.67. The van der Waals surface area contributed by atoms with Crippen LogP contribution in [0.1, 0.15) is 53.0 Å². The van der Waals surface area contributed by atoms with Crippen molar-refractivity contribution in [2.45, 2.75) is 50.4 Å². The lowest BCUT2D eigenvalue weighted by Crippen LogP contribution is -2.55. The molecule has 0 aliphatic carbocycles. The van der Waals surface area contributed by atoms with Crippen LogP contribution in [0.2, 0.25) is 0 Å². The first kappa shape index (κ1) is 28.9. The lowest BCUT2D eigenvalue weighted by Gasteiger charge is -2.25. The van der Waals surface area contributed by atoms with Crippen molar-refractivity contribution in [3.05, 3.63) is 71.3 Å².